The number of benzene rings is 2. The van der Waals surface area contributed by atoms with E-state index in [9.17, 15) is 13.6 Å². The molecule has 0 bridgehead atoms. The van der Waals surface area contributed by atoms with E-state index in [-0.39, 0.29) is 29.7 Å². The summed E-state index contributed by atoms with van der Waals surface area (Å²) < 4.78 is 40.9. The van der Waals surface area contributed by atoms with Crippen molar-refractivity contribution in [1.29, 1.82) is 0 Å². The first-order chi connectivity index (χ1) is 14.7. The molecule has 164 valence electrons. The monoisotopic (exact) mass is 432 g/mol. The van der Waals surface area contributed by atoms with Crippen molar-refractivity contribution in [3.8, 4) is 17.2 Å². The number of carbonyl (C=O) groups is 1. The van der Waals surface area contributed by atoms with Crippen molar-refractivity contribution in [2.75, 3.05) is 19.0 Å². The zero-order valence-electron chi connectivity index (χ0n) is 16.9. The van der Waals surface area contributed by atoms with E-state index in [1.54, 1.807) is 31.3 Å². The highest BCUT2D eigenvalue weighted by Gasteiger charge is 2.43. The van der Waals surface area contributed by atoms with Crippen LogP contribution in [0.5, 0.6) is 17.2 Å². The minimum Gasteiger partial charge on any atom is -0.491 e. The maximum Gasteiger partial charge on any atom is 0.586 e. The van der Waals surface area contributed by atoms with Gasteiger partial charge >= 0.3 is 6.29 Å². The van der Waals surface area contributed by atoms with Crippen LogP contribution >= 0.6 is 0 Å². The predicted molar refractivity (Wildman–Crippen MR) is 112 cm³/mol. The molecule has 0 spiro atoms. The molecule has 2 aromatic rings. The first kappa shape index (κ1) is 22.0. The number of aliphatic imine (C=N–C) groups is 1. The molecule has 31 heavy (non-hydrogen) atoms. The minimum atomic E-state index is -3.75. The third-order valence-electron chi connectivity index (χ3n) is 4.17. The van der Waals surface area contributed by atoms with Crippen molar-refractivity contribution < 1.29 is 27.8 Å². The van der Waals surface area contributed by atoms with Crippen LogP contribution in [0, 0.1) is 0 Å². The quantitative estimate of drug-likeness (QED) is 0.579. The number of allylic oxidation sites excluding steroid dienone is 1. The van der Waals surface area contributed by atoms with Crippen LogP contribution in [0.2, 0.25) is 0 Å². The van der Waals surface area contributed by atoms with Gasteiger partial charge in [-0.2, -0.15) is 0 Å². The Morgan fingerprint density at radius 1 is 1.26 bits per heavy atom. The molecule has 0 aromatic heterocycles. The van der Waals surface area contributed by atoms with Gasteiger partial charge in [-0.25, -0.2) is 0 Å². The van der Waals surface area contributed by atoms with E-state index in [0.717, 1.165) is 0 Å². The molecule has 0 unspecified atom stereocenters. The molecule has 0 radical (unpaired) electrons. The summed E-state index contributed by atoms with van der Waals surface area (Å²) >= 11 is 0. The van der Waals surface area contributed by atoms with Crippen LogP contribution in [-0.4, -0.2) is 37.6 Å². The molecule has 0 fully saturated rings. The normalized spacial score (nSPS) is 15.7. The van der Waals surface area contributed by atoms with Crippen LogP contribution in [0.1, 0.15) is 22.8 Å². The lowest BCUT2D eigenvalue weighted by atomic mass is 10.1. The number of alkyl halides is 2. The Morgan fingerprint density at radius 2 is 2.00 bits per heavy atom. The van der Waals surface area contributed by atoms with Crippen molar-refractivity contribution in [3.05, 3.63) is 59.8 Å². The summed E-state index contributed by atoms with van der Waals surface area (Å²) in [5, 5.41) is 2.71. The fourth-order valence-corrected chi connectivity index (χ4v) is 2.82. The number of fused-ring (bicyclic) bond motifs is 1. The molecule has 1 heterocycles. The zero-order valence-corrected chi connectivity index (χ0v) is 16.9. The second kappa shape index (κ2) is 9.00. The average molecular weight is 432 g/mol. The molecule has 5 N–H and O–H groups in total. The number of anilines is 1. The third-order valence-corrected chi connectivity index (χ3v) is 4.17. The number of ether oxygens (including phenoxy) is 3. The van der Waals surface area contributed by atoms with Gasteiger partial charge in [0.1, 0.15) is 12.4 Å². The third kappa shape index (κ3) is 5.28. The van der Waals surface area contributed by atoms with Crippen molar-refractivity contribution in [2.24, 2.45) is 16.5 Å². The van der Waals surface area contributed by atoms with Gasteiger partial charge in [-0.15, -0.1) is 8.78 Å². The number of rotatable bonds is 7. The van der Waals surface area contributed by atoms with E-state index in [4.69, 9.17) is 16.2 Å². The van der Waals surface area contributed by atoms with Crippen LogP contribution < -0.4 is 31.0 Å². The van der Waals surface area contributed by atoms with Crippen molar-refractivity contribution in [2.45, 2.75) is 19.3 Å². The van der Waals surface area contributed by atoms with Gasteiger partial charge in [-0.1, -0.05) is 0 Å². The van der Waals surface area contributed by atoms with Gasteiger partial charge in [0.25, 0.3) is 5.91 Å². The Labute approximate surface area is 177 Å². The highest BCUT2D eigenvalue weighted by atomic mass is 19.3. The van der Waals surface area contributed by atoms with Crippen LogP contribution in [0.25, 0.3) is 0 Å². The molecular weight excluding hydrogens is 410 g/mol. The summed E-state index contributed by atoms with van der Waals surface area (Å²) in [5.74, 6) is -0.371. The summed E-state index contributed by atoms with van der Waals surface area (Å²) in [6, 6.07) is 8.57. The summed E-state index contributed by atoms with van der Waals surface area (Å²) in [6.07, 6.45) is -0.821. The van der Waals surface area contributed by atoms with Gasteiger partial charge in [-0.3, -0.25) is 9.79 Å². The van der Waals surface area contributed by atoms with E-state index in [0.29, 0.717) is 22.7 Å². The Hall–Kier alpha value is -3.66. The highest BCUT2D eigenvalue weighted by molar-refractivity contribution is 6.12. The van der Waals surface area contributed by atoms with Gasteiger partial charge in [0.2, 0.25) is 0 Å². The second-order valence-electron chi connectivity index (χ2n) is 6.75. The first-order valence-electron chi connectivity index (χ1n) is 9.31. The van der Waals surface area contributed by atoms with Gasteiger partial charge in [0.05, 0.1) is 5.71 Å². The van der Waals surface area contributed by atoms with Gasteiger partial charge < -0.3 is 31.0 Å². The second-order valence-corrected chi connectivity index (χ2v) is 6.75. The lowest BCUT2D eigenvalue weighted by Crippen LogP contribution is -2.25. The topological polar surface area (TPSA) is 121 Å². The summed E-state index contributed by atoms with van der Waals surface area (Å²) in [4.78, 5) is 16.8. The smallest absolute Gasteiger partial charge is 0.491 e. The number of halogens is 2. The van der Waals surface area contributed by atoms with E-state index in [1.807, 2.05) is 6.92 Å². The fraction of sp³-hybridized carbons (Fsp3) is 0.238. The van der Waals surface area contributed by atoms with Crippen molar-refractivity contribution >= 4 is 17.3 Å². The highest BCUT2D eigenvalue weighted by Crippen LogP contribution is 2.41. The summed E-state index contributed by atoms with van der Waals surface area (Å²) in [6.45, 7) is 2.09. The number of carbonyl (C=O) groups excluding carboxylic acids is 1. The maximum atomic E-state index is 13.2. The number of nitrogens with two attached hydrogens (primary N) is 2. The van der Waals surface area contributed by atoms with Gasteiger partial charge in [0.15, 0.2) is 11.5 Å². The Kier molecular flexibility index (Phi) is 6.40. The minimum absolute atomic E-state index is 0.116. The Balaban J connectivity index is 1.85. The molecule has 1 aliphatic heterocycles. The lowest BCUT2D eigenvalue weighted by Gasteiger charge is -2.15. The molecule has 8 nitrogen and oxygen atoms in total. The van der Waals surface area contributed by atoms with Crippen LogP contribution in [0.4, 0.5) is 14.5 Å². The van der Waals surface area contributed by atoms with Gasteiger partial charge in [0, 0.05) is 29.9 Å². The molecule has 0 saturated heterocycles. The molecule has 10 heteroatoms. The van der Waals surface area contributed by atoms with Gasteiger partial charge in [-0.05, 0) is 55.6 Å². The fourth-order valence-electron chi connectivity index (χ4n) is 2.82. The summed E-state index contributed by atoms with van der Waals surface area (Å²) in [7, 11) is 1.60. The zero-order chi connectivity index (χ0) is 22.6. The molecule has 2 aromatic carbocycles. The number of hydrogen-bond acceptors (Lipinski definition) is 7. The molecule has 1 amide bonds. The number of nitrogens with one attached hydrogen (secondary N) is 1. The van der Waals surface area contributed by atoms with E-state index in [2.05, 4.69) is 19.8 Å². The standard InChI is InChI=1S/C21H22F2N4O4/c1-12(25)11-29-17-6-4-14(10-15(17)16(26-2)7-8-24)27-20(28)13-3-5-18-19(9-13)31-21(22,23)30-18/h3-10,12H,11,24-25H2,1-2H3,(H,27,28)/t12-/m1/s1. The van der Waals surface area contributed by atoms with Crippen LogP contribution in [-0.2, 0) is 0 Å². The SMILES string of the molecule is CN=C(C=CN)c1cc(NC(=O)c2ccc3c(c2)OC(F)(F)O3)ccc1OC[C@@H](C)N. The van der Waals surface area contributed by atoms with Crippen LogP contribution in [0.3, 0.4) is 0 Å². The first-order valence-corrected chi connectivity index (χ1v) is 9.31. The predicted octanol–water partition coefficient (Wildman–Crippen LogP) is 2.88. The molecule has 1 atom stereocenters. The molecule has 3 rings (SSSR count). The molecule has 1 aliphatic rings. The van der Waals surface area contributed by atoms with Crippen molar-refractivity contribution in [1.82, 2.24) is 0 Å². The van der Waals surface area contributed by atoms with Crippen molar-refractivity contribution in [3.63, 3.8) is 0 Å². The van der Waals surface area contributed by atoms with E-state index >= 15 is 0 Å². The molecule has 0 aliphatic carbocycles. The lowest BCUT2D eigenvalue weighted by molar-refractivity contribution is -0.286. The number of nitrogens with zero attached hydrogens (tertiary/aromatic N) is 1. The Bertz CT molecular complexity index is 1040. The number of hydrogen-bond donors (Lipinski definition) is 3. The Morgan fingerprint density at radius 3 is 2.68 bits per heavy atom. The molecular formula is C21H22F2N4O4. The van der Waals surface area contributed by atoms with E-state index in [1.165, 1.54) is 24.4 Å². The maximum absolute atomic E-state index is 13.2. The number of amides is 1. The largest absolute Gasteiger partial charge is 0.586 e. The van der Waals surface area contributed by atoms with E-state index < -0.39 is 12.2 Å². The molecule has 0 saturated carbocycles. The summed E-state index contributed by atoms with van der Waals surface area (Å²) in [5.41, 5.74) is 12.9. The van der Waals surface area contributed by atoms with Crippen LogP contribution in [0.15, 0.2) is 53.7 Å². The average Bonchev–Trinajstić information content (AvgIpc) is 3.03.